The van der Waals surface area contributed by atoms with Crippen LogP contribution in [-0.4, -0.2) is 23.7 Å². The monoisotopic (exact) mass is 470 g/mol. The van der Waals surface area contributed by atoms with Crippen LogP contribution in [0.2, 0.25) is 0 Å². The fourth-order valence-corrected chi connectivity index (χ4v) is 5.53. The van der Waals surface area contributed by atoms with Gasteiger partial charge in [-0.3, -0.25) is 9.71 Å². The minimum atomic E-state index is -3.36. The molecule has 0 amide bonds. The molecule has 1 fully saturated rings. The molecule has 172 valence electrons. The van der Waals surface area contributed by atoms with E-state index in [1.54, 1.807) is 18.3 Å². The van der Waals surface area contributed by atoms with E-state index in [4.69, 9.17) is 0 Å². The maximum Gasteiger partial charge on any atom is 0.232 e. The highest BCUT2D eigenvalue weighted by Gasteiger charge is 2.26. The van der Waals surface area contributed by atoms with Gasteiger partial charge in [-0.05, 0) is 61.1 Å². The Balaban J connectivity index is 1.62. The van der Waals surface area contributed by atoms with E-state index >= 15 is 0 Å². The van der Waals surface area contributed by atoms with Crippen LogP contribution in [0.3, 0.4) is 0 Å². The van der Waals surface area contributed by atoms with Crippen LogP contribution in [0.4, 0.5) is 5.69 Å². The molecule has 0 saturated heterocycles. The van der Waals surface area contributed by atoms with Gasteiger partial charge in [-0.2, -0.15) is 5.26 Å². The smallest absolute Gasteiger partial charge is 0.232 e. The number of nitrogens with zero attached hydrogens (tertiary/aromatic N) is 3. The Kier molecular flexibility index (Phi) is 5.84. The van der Waals surface area contributed by atoms with Crippen LogP contribution in [0.15, 0.2) is 66.9 Å². The SMILES string of the molecule is CCCS(=O)(=O)Nc1ccc(-c2c(C#N)c3ccc(-c4ccccn4)cc3n2CC2CC2)cc1. The van der Waals surface area contributed by atoms with E-state index in [2.05, 4.69) is 26.4 Å². The van der Waals surface area contributed by atoms with Crippen molar-refractivity contribution in [2.45, 2.75) is 32.7 Å². The zero-order valence-corrected chi connectivity index (χ0v) is 19.8. The fourth-order valence-electron chi connectivity index (χ4n) is 4.40. The maximum absolute atomic E-state index is 12.1. The van der Waals surface area contributed by atoms with Crippen LogP contribution in [-0.2, 0) is 16.6 Å². The van der Waals surface area contributed by atoms with E-state index in [0.29, 0.717) is 23.6 Å². The summed E-state index contributed by atoms with van der Waals surface area (Å²) in [4.78, 5) is 4.49. The summed E-state index contributed by atoms with van der Waals surface area (Å²) in [6.07, 6.45) is 4.73. The molecule has 7 heteroatoms. The average Bonchev–Trinajstić information content (AvgIpc) is 3.61. The molecule has 34 heavy (non-hydrogen) atoms. The Bertz CT molecular complexity index is 1480. The van der Waals surface area contributed by atoms with E-state index in [9.17, 15) is 13.7 Å². The van der Waals surface area contributed by atoms with Gasteiger partial charge < -0.3 is 4.57 Å². The maximum atomic E-state index is 12.1. The summed E-state index contributed by atoms with van der Waals surface area (Å²) in [5.41, 5.74) is 5.87. The Morgan fingerprint density at radius 3 is 2.50 bits per heavy atom. The topological polar surface area (TPSA) is 87.8 Å². The van der Waals surface area contributed by atoms with Gasteiger partial charge in [0.15, 0.2) is 0 Å². The molecule has 1 aliphatic rings. The molecule has 4 aromatic rings. The molecule has 0 aliphatic heterocycles. The van der Waals surface area contributed by atoms with Crippen LogP contribution in [0, 0.1) is 17.2 Å². The number of anilines is 1. The number of aromatic nitrogens is 2. The van der Waals surface area contributed by atoms with Crippen molar-refractivity contribution in [2.75, 3.05) is 10.5 Å². The van der Waals surface area contributed by atoms with Crippen LogP contribution in [0.25, 0.3) is 33.4 Å². The molecular formula is C27H26N4O2S. The predicted octanol–water partition coefficient (Wildman–Crippen LogP) is 5.80. The summed E-state index contributed by atoms with van der Waals surface area (Å²) in [6.45, 7) is 2.69. The van der Waals surface area contributed by atoms with E-state index < -0.39 is 10.0 Å². The van der Waals surface area contributed by atoms with E-state index in [1.165, 1.54) is 12.8 Å². The third-order valence-corrected chi connectivity index (χ3v) is 7.67. The minimum Gasteiger partial charge on any atom is -0.339 e. The Morgan fingerprint density at radius 1 is 1.09 bits per heavy atom. The number of fused-ring (bicyclic) bond motifs is 1. The number of hydrogen-bond acceptors (Lipinski definition) is 4. The molecule has 1 N–H and O–H groups in total. The Morgan fingerprint density at radius 2 is 1.85 bits per heavy atom. The lowest BCUT2D eigenvalue weighted by molar-refractivity contribution is 0.600. The Labute approximate surface area is 199 Å². The fraction of sp³-hybridized carbons (Fsp3) is 0.259. The van der Waals surface area contributed by atoms with Crippen LogP contribution < -0.4 is 4.72 Å². The van der Waals surface area contributed by atoms with Gasteiger partial charge in [0.05, 0.1) is 28.2 Å². The first-order valence-electron chi connectivity index (χ1n) is 11.6. The standard InChI is InChI=1S/C27H26N4O2S/c1-2-15-34(32,33)30-22-11-8-20(9-12-22)27-24(17-28)23-13-10-21(25-5-3-4-14-29-25)16-26(23)31(27)18-19-6-7-19/h3-5,8-14,16,19,30H,2,6-7,15,18H2,1H3. The molecule has 0 radical (unpaired) electrons. The quantitative estimate of drug-likeness (QED) is 0.352. The van der Waals surface area contributed by atoms with Gasteiger partial charge in [-0.1, -0.05) is 37.3 Å². The molecule has 2 heterocycles. The van der Waals surface area contributed by atoms with Gasteiger partial charge in [0.25, 0.3) is 0 Å². The molecule has 0 unspecified atom stereocenters. The lowest BCUT2D eigenvalue weighted by atomic mass is 10.0. The summed E-state index contributed by atoms with van der Waals surface area (Å²) in [6, 6.07) is 21.8. The molecule has 2 aromatic heterocycles. The number of nitriles is 1. The third kappa shape index (κ3) is 4.42. The zero-order chi connectivity index (χ0) is 23.7. The second-order valence-electron chi connectivity index (χ2n) is 8.83. The number of rotatable bonds is 8. The van der Waals surface area contributed by atoms with Crippen LogP contribution in [0.5, 0.6) is 0 Å². The van der Waals surface area contributed by atoms with Gasteiger partial charge in [-0.15, -0.1) is 0 Å². The van der Waals surface area contributed by atoms with Gasteiger partial charge in [0, 0.05) is 29.4 Å². The van der Waals surface area contributed by atoms with Gasteiger partial charge >= 0.3 is 0 Å². The van der Waals surface area contributed by atoms with Crippen molar-refractivity contribution >= 4 is 26.6 Å². The largest absolute Gasteiger partial charge is 0.339 e. The predicted molar refractivity (Wildman–Crippen MR) is 136 cm³/mol. The van der Waals surface area contributed by atoms with E-state index in [-0.39, 0.29) is 5.75 Å². The van der Waals surface area contributed by atoms with Crippen molar-refractivity contribution in [3.63, 3.8) is 0 Å². The highest BCUT2D eigenvalue weighted by Crippen LogP contribution is 2.39. The highest BCUT2D eigenvalue weighted by molar-refractivity contribution is 7.92. The third-order valence-electron chi connectivity index (χ3n) is 6.18. The Hall–Kier alpha value is -3.63. The van der Waals surface area contributed by atoms with Crippen molar-refractivity contribution in [3.8, 4) is 28.6 Å². The number of pyridine rings is 1. The first kappa shape index (κ1) is 22.2. The zero-order valence-electron chi connectivity index (χ0n) is 19.0. The summed E-state index contributed by atoms with van der Waals surface area (Å²) in [5.74, 6) is 0.696. The molecule has 2 aromatic carbocycles. The molecule has 0 spiro atoms. The van der Waals surface area contributed by atoms with Crippen LogP contribution in [0.1, 0.15) is 31.7 Å². The summed E-state index contributed by atoms with van der Waals surface area (Å²) in [7, 11) is -3.36. The molecule has 6 nitrogen and oxygen atoms in total. The van der Waals surface area contributed by atoms with Gasteiger partial charge in [-0.25, -0.2) is 8.42 Å². The molecule has 1 saturated carbocycles. The average molecular weight is 471 g/mol. The molecule has 5 rings (SSSR count). The van der Waals surface area contributed by atoms with Gasteiger partial charge in [0.2, 0.25) is 10.0 Å². The lowest BCUT2D eigenvalue weighted by Gasteiger charge is -2.13. The van der Waals surface area contributed by atoms with E-state index in [0.717, 1.165) is 40.0 Å². The lowest BCUT2D eigenvalue weighted by Crippen LogP contribution is -2.15. The first-order chi connectivity index (χ1) is 16.5. The number of sulfonamides is 1. The van der Waals surface area contributed by atoms with Crippen molar-refractivity contribution in [1.29, 1.82) is 5.26 Å². The molecule has 0 bridgehead atoms. The summed E-state index contributed by atoms with van der Waals surface area (Å²) in [5, 5.41) is 11.0. The summed E-state index contributed by atoms with van der Waals surface area (Å²) < 4.78 is 29.2. The normalized spacial score (nSPS) is 13.6. The van der Waals surface area contributed by atoms with Crippen LogP contribution >= 0.6 is 0 Å². The van der Waals surface area contributed by atoms with E-state index in [1.807, 2.05) is 49.4 Å². The van der Waals surface area contributed by atoms with Crippen molar-refractivity contribution in [2.24, 2.45) is 5.92 Å². The summed E-state index contributed by atoms with van der Waals surface area (Å²) >= 11 is 0. The molecule has 0 atom stereocenters. The van der Waals surface area contributed by atoms with Crippen molar-refractivity contribution in [3.05, 3.63) is 72.4 Å². The number of nitrogens with one attached hydrogen (secondary N) is 1. The van der Waals surface area contributed by atoms with Crippen molar-refractivity contribution < 1.29 is 8.42 Å². The highest BCUT2D eigenvalue weighted by atomic mass is 32.2. The second kappa shape index (κ2) is 8.96. The first-order valence-corrected chi connectivity index (χ1v) is 13.2. The number of hydrogen-bond donors (Lipinski definition) is 1. The van der Waals surface area contributed by atoms with Gasteiger partial charge in [0.1, 0.15) is 6.07 Å². The molecule has 1 aliphatic carbocycles. The van der Waals surface area contributed by atoms with Crippen molar-refractivity contribution in [1.82, 2.24) is 9.55 Å². The minimum absolute atomic E-state index is 0.0849. The number of benzene rings is 2. The molecular weight excluding hydrogens is 444 g/mol. The second-order valence-corrected chi connectivity index (χ2v) is 10.7.